The van der Waals surface area contributed by atoms with E-state index in [1.54, 1.807) is 13.0 Å². The molecule has 0 aromatic heterocycles. The molecule has 0 aromatic rings. The zero-order valence-corrected chi connectivity index (χ0v) is 8.08. The van der Waals surface area contributed by atoms with Crippen LogP contribution in [0.15, 0.2) is 12.2 Å². The summed E-state index contributed by atoms with van der Waals surface area (Å²) in [6.07, 6.45) is 3.01. The average Bonchev–Trinajstić information content (AvgIpc) is 2.52. The van der Waals surface area contributed by atoms with Gasteiger partial charge in [-0.05, 0) is 13.0 Å². The molecule has 1 amide bonds. The van der Waals surface area contributed by atoms with Crippen LogP contribution in [-0.2, 0) is 9.59 Å². The standard InChI is InChI=1S/C8H11NO3S/c1-2-3-7(10)9-5-13-4-6(9)8(11)12/h2-3,6H,4-5H2,1H3,(H,11,12). The normalized spacial score (nSPS) is 22.5. The molecule has 1 fully saturated rings. The highest BCUT2D eigenvalue weighted by atomic mass is 32.2. The van der Waals surface area contributed by atoms with E-state index in [1.165, 1.54) is 22.7 Å². The van der Waals surface area contributed by atoms with Gasteiger partial charge in [0.1, 0.15) is 6.04 Å². The number of allylic oxidation sites excluding steroid dienone is 1. The summed E-state index contributed by atoms with van der Waals surface area (Å²) >= 11 is 1.46. The Kier molecular flexibility index (Phi) is 3.36. The Balaban J connectivity index is 2.68. The molecule has 72 valence electrons. The van der Waals surface area contributed by atoms with Gasteiger partial charge in [-0.2, -0.15) is 0 Å². The van der Waals surface area contributed by atoms with Crippen molar-refractivity contribution < 1.29 is 14.7 Å². The Morgan fingerprint density at radius 2 is 2.31 bits per heavy atom. The number of carboxylic acid groups (broad SMARTS) is 1. The Hall–Kier alpha value is -0.970. The van der Waals surface area contributed by atoms with Crippen LogP contribution in [0.5, 0.6) is 0 Å². The van der Waals surface area contributed by atoms with Gasteiger partial charge in [0.05, 0.1) is 5.88 Å². The van der Waals surface area contributed by atoms with Gasteiger partial charge in [0.15, 0.2) is 0 Å². The maximum Gasteiger partial charge on any atom is 0.327 e. The minimum atomic E-state index is -0.928. The summed E-state index contributed by atoms with van der Waals surface area (Å²) < 4.78 is 0. The summed E-state index contributed by atoms with van der Waals surface area (Å²) in [5.74, 6) is -0.193. The van der Waals surface area contributed by atoms with Gasteiger partial charge in [0.2, 0.25) is 5.91 Å². The van der Waals surface area contributed by atoms with Gasteiger partial charge in [-0.25, -0.2) is 4.79 Å². The predicted octanol–water partition coefficient (Wildman–Crippen LogP) is 0.549. The van der Waals surface area contributed by atoms with E-state index in [0.29, 0.717) is 11.6 Å². The van der Waals surface area contributed by atoms with E-state index < -0.39 is 12.0 Å². The molecule has 1 saturated heterocycles. The van der Waals surface area contributed by atoms with E-state index in [2.05, 4.69) is 0 Å². The molecule has 1 unspecified atom stereocenters. The Bertz CT molecular complexity index is 252. The van der Waals surface area contributed by atoms with Crippen molar-refractivity contribution in [3.8, 4) is 0 Å². The zero-order chi connectivity index (χ0) is 9.84. The first-order chi connectivity index (χ1) is 6.16. The molecule has 4 nitrogen and oxygen atoms in total. The van der Waals surface area contributed by atoms with Crippen molar-refractivity contribution in [3.63, 3.8) is 0 Å². The summed E-state index contributed by atoms with van der Waals surface area (Å²) in [6.45, 7) is 1.73. The largest absolute Gasteiger partial charge is 0.480 e. The summed E-state index contributed by atoms with van der Waals surface area (Å²) in [5.41, 5.74) is 0. The molecule has 5 heteroatoms. The molecule has 0 radical (unpaired) electrons. The third kappa shape index (κ3) is 2.24. The molecule has 1 rings (SSSR count). The van der Waals surface area contributed by atoms with E-state index in [0.717, 1.165) is 0 Å². The quantitative estimate of drug-likeness (QED) is 0.663. The van der Waals surface area contributed by atoms with Crippen LogP contribution in [0.25, 0.3) is 0 Å². The fourth-order valence-corrected chi connectivity index (χ4v) is 2.26. The molecule has 0 saturated carbocycles. The summed E-state index contributed by atoms with van der Waals surface area (Å²) in [4.78, 5) is 23.4. The molecule has 13 heavy (non-hydrogen) atoms. The molecule has 1 aliphatic rings. The van der Waals surface area contributed by atoms with Gasteiger partial charge in [0.25, 0.3) is 0 Å². The Morgan fingerprint density at radius 1 is 1.62 bits per heavy atom. The maximum atomic E-state index is 11.3. The van der Waals surface area contributed by atoms with Crippen molar-refractivity contribution in [1.82, 2.24) is 4.90 Å². The van der Waals surface area contributed by atoms with Crippen LogP contribution in [-0.4, -0.2) is 39.6 Å². The molecule has 0 aliphatic carbocycles. The lowest BCUT2D eigenvalue weighted by molar-refractivity contribution is -0.146. The number of amides is 1. The smallest absolute Gasteiger partial charge is 0.327 e. The van der Waals surface area contributed by atoms with Gasteiger partial charge >= 0.3 is 5.97 Å². The molecule has 1 atom stereocenters. The molecule has 1 aliphatic heterocycles. The van der Waals surface area contributed by atoms with Gasteiger partial charge < -0.3 is 10.0 Å². The van der Waals surface area contributed by atoms with Crippen molar-refractivity contribution in [3.05, 3.63) is 12.2 Å². The van der Waals surface area contributed by atoms with Crippen molar-refractivity contribution in [1.29, 1.82) is 0 Å². The van der Waals surface area contributed by atoms with E-state index in [4.69, 9.17) is 5.11 Å². The van der Waals surface area contributed by atoms with E-state index in [-0.39, 0.29) is 5.91 Å². The summed E-state index contributed by atoms with van der Waals surface area (Å²) in [5, 5.41) is 8.77. The molecule has 0 aromatic carbocycles. The van der Waals surface area contributed by atoms with Crippen LogP contribution in [0, 0.1) is 0 Å². The maximum absolute atomic E-state index is 11.3. The van der Waals surface area contributed by atoms with Gasteiger partial charge in [0, 0.05) is 5.75 Å². The number of aliphatic carboxylic acids is 1. The van der Waals surface area contributed by atoms with Crippen LogP contribution in [0.2, 0.25) is 0 Å². The molecule has 1 heterocycles. The fourth-order valence-electron chi connectivity index (χ4n) is 1.10. The SMILES string of the molecule is CC=CC(=O)N1CSCC1C(=O)O. The average molecular weight is 201 g/mol. The van der Waals surface area contributed by atoms with Crippen LogP contribution in [0.1, 0.15) is 6.92 Å². The van der Waals surface area contributed by atoms with Crippen molar-refractivity contribution in [2.75, 3.05) is 11.6 Å². The highest BCUT2D eigenvalue weighted by molar-refractivity contribution is 7.99. The molecule has 1 N–H and O–H groups in total. The Morgan fingerprint density at radius 3 is 2.85 bits per heavy atom. The number of hydrogen-bond acceptors (Lipinski definition) is 3. The summed E-state index contributed by atoms with van der Waals surface area (Å²) in [6, 6.07) is -0.659. The first-order valence-corrected chi connectivity index (χ1v) is 5.06. The molecular formula is C8H11NO3S. The van der Waals surface area contributed by atoms with Crippen LogP contribution in [0.4, 0.5) is 0 Å². The number of thioether (sulfide) groups is 1. The second-order valence-corrected chi connectivity index (χ2v) is 3.66. The van der Waals surface area contributed by atoms with Gasteiger partial charge in [-0.3, -0.25) is 4.79 Å². The zero-order valence-electron chi connectivity index (χ0n) is 7.27. The topological polar surface area (TPSA) is 57.6 Å². The van der Waals surface area contributed by atoms with Crippen LogP contribution in [0.3, 0.4) is 0 Å². The third-order valence-electron chi connectivity index (χ3n) is 1.76. The van der Waals surface area contributed by atoms with Crippen LogP contribution < -0.4 is 0 Å². The Labute approximate surface area is 80.6 Å². The molecular weight excluding hydrogens is 190 g/mol. The molecule has 0 spiro atoms. The first-order valence-electron chi connectivity index (χ1n) is 3.90. The number of nitrogens with zero attached hydrogens (tertiary/aromatic N) is 1. The predicted molar refractivity (Wildman–Crippen MR) is 50.4 cm³/mol. The lowest BCUT2D eigenvalue weighted by Crippen LogP contribution is -2.40. The highest BCUT2D eigenvalue weighted by Gasteiger charge is 2.33. The minimum Gasteiger partial charge on any atom is -0.480 e. The molecule has 0 bridgehead atoms. The highest BCUT2D eigenvalue weighted by Crippen LogP contribution is 2.21. The lowest BCUT2D eigenvalue weighted by Gasteiger charge is -2.18. The van der Waals surface area contributed by atoms with Crippen LogP contribution >= 0.6 is 11.8 Å². The van der Waals surface area contributed by atoms with Gasteiger partial charge in [-0.1, -0.05) is 6.08 Å². The third-order valence-corrected chi connectivity index (χ3v) is 2.77. The number of carbonyl (C=O) groups is 2. The fraction of sp³-hybridized carbons (Fsp3) is 0.500. The number of rotatable bonds is 2. The lowest BCUT2D eigenvalue weighted by atomic mass is 10.3. The van der Waals surface area contributed by atoms with Gasteiger partial charge in [-0.15, -0.1) is 11.8 Å². The minimum absolute atomic E-state index is 0.222. The van der Waals surface area contributed by atoms with Crippen molar-refractivity contribution in [2.24, 2.45) is 0 Å². The second-order valence-electron chi connectivity index (χ2n) is 2.66. The monoisotopic (exact) mass is 201 g/mol. The first kappa shape index (κ1) is 10.1. The van der Waals surface area contributed by atoms with Crippen molar-refractivity contribution in [2.45, 2.75) is 13.0 Å². The number of hydrogen-bond donors (Lipinski definition) is 1. The van der Waals surface area contributed by atoms with E-state index in [1.807, 2.05) is 0 Å². The van der Waals surface area contributed by atoms with E-state index in [9.17, 15) is 9.59 Å². The second kappa shape index (κ2) is 4.32. The van der Waals surface area contributed by atoms with Crippen molar-refractivity contribution >= 4 is 23.6 Å². The number of carbonyl (C=O) groups excluding carboxylic acids is 1. The van der Waals surface area contributed by atoms with E-state index >= 15 is 0 Å². The summed E-state index contributed by atoms with van der Waals surface area (Å²) in [7, 11) is 0. The number of carboxylic acids is 1.